The summed E-state index contributed by atoms with van der Waals surface area (Å²) in [5.41, 5.74) is 2.07. The Morgan fingerprint density at radius 3 is 2.60 bits per heavy atom. The van der Waals surface area contributed by atoms with Crippen LogP contribution in [0.15, 0.2) is 24.8 Å². The first-order valence-corrected chi connectivity index (χ1v) is 4.93. The Kier molecular flexibility index (Phi) is 3.67. The largest absolute Gasteiger partial charge is 0.478 e. The van der Waals surface area contributed by atoms with Crippen LogP contribution in [0.4, 0.5) is 0 Å². The Morgan fingerprint density at radius 1 is 1.47 bits per heavy atom. The zero-order chi connectivity index (χ0) is 11.4. The molecule has 0 bridgehead atoms. The van der Waals surface area contributed by atoms with Gasteiger partial charge in [0.25, 0.3) is 0 Å². The monoisotopic (exact) mass is 203 g/mol. The molecule has 0 aliphatic heterocycles. The molecule has 0 saturated carbocycles. The van der Waals surface area contributed by atoms with E-state index < -0.39 is 5.97 Å². The molecule has 15 heavy (non-hydrogen) atoms. The summed E-state index contributed by atoms with van der Waals surface area (Å²) in [5.74, 6) is -0.399. The van der Waals surface area contributed by atoms with Crippen LogP contribution in [0.1, 0.15) is 35.3 Å². The molecule has 0 aliphatic rings. The van der Waals surface area contributed by atoms with Crippen molar-refractivity contribution in [1.29, 1.82) is 0 Å². The SMILES string of the molecule is C=[C]c1cc(CC(C)C)cc(C(=O)O)c1. The number of benzene rings is 1. The van der Waals surface area contributed by atoms with Gasteiger partial charge in [0.05, 0.1) is 5.56 Å². The highest BCUT2D eigenvalue weighted by Gasteiger charge is 2.07. The molecular formula is C13H15O2. The van der Waals surface area contributed by atoms with E-state index in [9.17, 15) is 4.79 Å². The van der Waals surface area contributed by atoms with Crippen LogP contribution >= 0.6 is 0 Å². The third-order valence-electron chi connectivity index (χ3n) is 2.09. The Morgan fingerprint density at radius 2 is 2.13 bits per heavy atom. The van der Waals surface area contributed by atoms with Crippen LogP contribution in [0.2, 0.25) is 0 Å². The van der Waals surface area contributed by atoms with Gasteiger partial charge in [-0.1, -0.05) is 26.5 Å². The normalized spacial score (nSPS) is 10.3. The van der Waals surface area contributed by atoms with E-state index in [0.717, 1.165) is 17.5 Å². The van der Waals surface area contributed by atoms with Crippen molar-refractivity contribution in [1.82, 2.24) is 0 Å². The zero-order valence-corrected chi connectivity index (χ0v) is 9.08. The molecule has 0 fully saturated rings. The minimum absolute atomic E-state index is 0.305. The molecule has 79 valence electrons. The van der Waals surface area contributed by atoms with Gasteiger partial charge in [0.1, 0.15) is 0 Å². The summed E-state index contributed by atoms with van der Waals surface area (Å²) >= 11 is 0. The van der Waals surface area contributed by atoms with Gasteiger partial charge >= 0.3 is 5.97 Å². The molecule has 0 spiro atoms. The van der Waals surface area contributed by atoms with Crippen LogP contribution in [-0.4, -0.2) is 11.1 Å². The van der Waals surface area contributed by atoms with Crippen molar-refractivity contribution in [2.75, 3.05) is 0 Å². The van der Waals surface area contributed by atoms with Gasteiger partial charge in [-0.3, -0.25) is 0 Å². The summed E-state index contributed by atoms with van der Waals surface area (Å²) in [6, 6.07) is 5.22. The quantitative estimate of drug-likeness (QED) is 0.816. The van der Waals surface area contributed by atoms with Gasteiger partial charge in [0.15, 0.2) is 0 Å². The molecule has 1 radical (unpaired) electrons. The maximum Gasteiger partial charge on any atom is 0.335 e. The molecule has 1 N–H and O–H groups in total. The lowest BCUT2D eigenvalue weighted by Gasteiger charge is -2.07. The highest BCUT2D eigenvalue weighted by atomic mass is 16.4. The molecule has 1 aromatic rings. The molecular weight excluding hydrogens is 188 g/mol. The van der Waals surface area contributed by atoms with Crippen LogP contribution in [0, 0.1) is 12.0 Å². The van der Waals surface area contributed by atoms with Crippen molar-refractivity contribution in [3.8, 4) is 0 Å². The van der Waals surface area contributed by atoms with Crippen LogP contribution < -0.4 is 0 Å². The smallest absolute Gasteiger partial charge is 0.335 e. The van der Waals surface area contributed by atoms with Gasteiger partial charge in [-0.15, -0.1) is 0 Å². The third kappa shape index (κ3) is 3.24. The van der Waals surface area contributed by atoms with Gasteiger partial charge in [-0.2, -0.15) is 0 Å². The number of hydrogen-bond donors (Lipinski definition) is 1. The number of carboxylic acids is 1. The van der Waals surface area contributed by atoms with Gasteiger partial charge in [0.2, 0.25) is 0 Å². The molecule has 2 nitrogen and oxygen atoms in total. The molecule has 0 aliphatic carbocycles. The van der Waals surface area contributed by atoms with E-state index in [0.29, 0.717) is 11.5 Å². The van der Waals surface area contributed by atoms with E-state index in [1.165, 1.54) is 0 Å². The van der Waals surface area contributed by atoms with Gasteiger partial charge in [0, 0.05) is 0 Å². The lowest BCUT2D eigenvalue weighted by molar-refractivity contribution is 0.0696. The molecule has 0 amide bonds. The van der Waals surface area contributed by atoms with E-state index in [-0.39, 0.29) is 0 Å². The predicted octanol–water partition coefficient (Wildman–Crippen LogP) is 2.92. The molecule has 1 rings (SSSR count). The maximum atomic E-state index is 10.9. The van der Waals surface area contributed by atoms with Crippen LogP contribution in [0.5, 0.6) is 0 Å². The first-order valence-electron chi connectivity index (χ1n) is 4.93. The summed E-state index contributed by atoms with van der Waals surface area (Å²) in [6.45, 7) is 7.74. The van der Waals surface area contributed by atoms with E-state index in [2.05, 4.69) is 26.5 Å². The number of carbonyl (C=O) groups is 1. The number of hydrogen-bond acceptors (Lipinski definition) is 1. The molecule has 0 unspecified atom stereocenters. The fourth-order valence-electron chi connectivity index (χ4n) is 1.51. The minimum atomic E-state index is -0.905. The van der Waals surface area contributed by atoms with E-state index in [1.807, 2.05) is 6.07 Å². The van der Waals surface area contributed by atoms with Gasteiger partial charge < -0.3 is 5.11 Å². The fraction of sp³-hybridized carbons (Fsp3) is 0.308. The van der Waals surface area contributed by atoms with Crippen molar-refractivity contribution in [3.63, 3.8) is 0 Å². The average Bonchev–Trinajstić information content (AvgIpc) is 2.16. The standard InChI is InChI=1S/C13H15O2/c1-4-10-6-11(5-9(2)3)8-12(7-10)13(14)15/h6-9H,1,5H2,2-3H3,(H,14,15). The Hall–Kier alpha value is -1.57. The van der Waals surface area contributed by atoms with Crippen molar-refractivity contribution in [3.05, 3.63) is 47.5 Å². The van der Waals surface area contributed by atoms with Crippen LogP contribution in [0.3, 0.4) is 0 Å². The summed E-state index contributed by atoms with van der Waals surface area (Å²) in [4.78, 5) is 10.9. The molecule has 0 heterocycles. The van der Waals surface area contributed by atoms with Crippen molar-refractivity contribution < 1.29 is 9.90 Å². The van der Waals surface area contributed by atoms with Crippen LogP contribution in [0.25, 0.3) is 0 Å². The van der Waals surface area contributed by atoms with Gasteiger partial charge in [-0.25, -0.2) is 4.79 Å². The Balaban J connectivity index is 3.11. The number of carboxylic acid groups (broad SMARTS) is 1. The molecule has 1 aromatic carbocycles. The van der Waals surface area contributed by atoms with Gasteiger partial charge in [-0.05, 0) is 41.7 Å². The fourth-order valence-corrected chi connectivity index (χ4v) is 1.51. The van der Waals surface area contributed by atoms with Crippen molar-refractivity contribution in [2.45, 2.75) is 20.3 Å². The highest BCUT2D eigenvalue weighted by Crippen LogP contribution is 2.14. The summed E-state index contributed by atoms with van der Waals surface area (Å²) in [5, 5.41) is 8.92. The second-order valence-corrected chi connectivity index (χ2v) is 4.00. The Labute approximate surface area is 90.3 Å². The van der Waals surface area contributed by atoms with Crippen molar-refractivity contribution >= 4 is 5.97 Å². The van der Waals surface area contributed by atoms with E-state index in [1.54, 1.807) is 12.1 Å². The molecule has 0 saturated heterocycles. The summed E-state index contributed by atoms with van der Waals surface area (Å²) in [7, 11) is 0. The predicted molar refractivity (Wildman–Crippen MR) is 59.9 cm³/mol. The van der Waals surface area contributed by atoms with Crippen molar-refractivity contribution in [2.24, 2.45) is 5.92 Å². The number of aromatic carboxylic acids is 1. The minimum Gasteiger partial charge on any atom is -0.478 e. The average molecular weight is 203 g/mol. The molecule has 0 atom stereocenters. The Bertz CT molecular complexity index is 378. The number of rotatable bonds is 4. The summed E-state index contributed by atoms with van der Waals surface area (Å²) in [6.07, 6.45) is 3.59. The molecule has 0 aromatic heterocycles. The molecule has 2 heteroatoms. The van der Waals surface area contributed by atoms with Crippen LogP contribution in [-0.2, 0) is 6.42 Å². The zero-order valence-electron chi connectivity index (χ0n) is 9.08. The third-order valence-corrected chi connectivity index (χ3v) is 2.09. The first kappa shape index (κ1) is 11.5. The summed E-state index contributed by atoms with van der Waals surface area (Å²) < 4.78 is 0. The lowest BCUT2D eigenvalue weighted by atomic mass is 9.98. The second kappa shape index (κ2) is 4.78. The maximum absolute atomic E-state index is 10.9. The topological polar surface area (TPSA) is 37.3 Å². The van der Waals surface area contributed by atoms with E-state index >= 15 is 0 Å². The second-order valence-electron chi connectivity index (χ2n) is 4.00. The first-order chi connectivity index (χ1) is 7.02. The lowest BCUT2D eigenvalue weighted by Crippen LogP contribution is -2.01. The van der Waals surface area contributed by atoms with E-state index in [4.69, 9.17) is 5.11 Å². The highest BCUT2D eigenvalue weighted by molar-refractivity contribution is 5.88.